The number of hydrogen-bond donors (Lipinski definition) is 1. The fraction of sp³-hybridized carbons (Fsp3) is 0.400. The molecular weight excluding hydrogens is 262 g/mol. The molecule has 1 rings (SSSR count). The van der Waals surface area contributed by atoms with Gasteiger partial charge >= 0.3 is 0 Å². The van der Waals surface area contributed by atoms with Crippen molar-refractivity contribution in [3.8, 4) is 0 Å². The third kappa shape index (κ3) is 3.54. The van der Waals surface area contributed by atoms with Crippen molar-refractivity contribution in [2.75, 3.05) is 0 Å². The van der Waals surface area contributed by atoms with Crippen molar-refractivity contribution in [3.05, 3.63) is 34.1 Å². The highest BCUT2D eigenvalue weighted by molar-refractivity contribution is 6.32. The van der Waals surface area contributed by atoms with Crippen LogP contribution in [0.2, 0.25) is 5.02 Å². The summed E-state index contributed by atoms with van der Waals surface area (Å²) in [6.07, 6.45) is -3.17. The van der Waals surface area contributed by atoms with Crippen LogP contribution in [-0.4, -0.2) is 6.43 Å². The predicted molar refractivity (Wildman–Crippen MR) is 60.9 cm³/mol. The summed E-state index contributed by atoms with van der Waals surface area (Å²) in [7, 11) is 0. The number of hydrogen-bond acceptors (Lipinski definition) is 1. The average molecular weight is 274 g/mol. The number of alkyl halides is 2. The minimum absolute atomic E-state index is 0. The van der Waals surface area contributed by atoms with Gasteiger partial charge in [0.05, 0.1) is 5.02 Å². The zero-order valence-electron chi connectivity index (χ0n) is 8.51. The van der Waals surface area contributed by atoms with Gasteiger partial charge in [-0.25, -0.2) is 13.2 Å². The van der Waals surface area contributed by atoms with Crippen molar-refractivity contribution >= 4 is 24.0 Å². The lowest BCUT2D eigenvalue weighted by Crippen LogP contribution is -2.16. The number of rotatable bonds is 3. The molecule has 1 aromatic carbocycles. The van der Waals surface area contributed by atoms with E-state index in [-0.39, 0.29) is 23.0 Å². The minimum Gasteiger partial charge on any atom is -0.324 e. The Morgan fingerprint density at radius 1 is 1.38 bits per heavy atom. The van der Waals surface area contributed by atoms with Crippen LogP contribution < -0.4 is 5.73 Å². The van der Waals surface area contributed by atoms with Gasteiger partial charge in [-0.1, -0.05) is 17.7 Å². The molecule has 1 nitrogen and oxygen atoms in total. The van der Waals surface area contributed by atoms with Crippen LogP contribution in [0.25, 0.3) is 0 Å². The highest BCUT2D eigenvalue weighted by atomic mass is 35.5. The molecule has 92 valence electrons. The van der Waals surface area contributed by atoms with Crippen LogP contribution in [0.4, 0.5) is 13.2 Å². The first-order valence-electron chi connectivity index (χ1n) is 4.41. The molecule has 2 N–H and O–H groups in total. The van der Waals surface area contributed by atoms with E-state index in [2.05, 4.69) is 0 Å². The Kier molecular flexibility index (Phi) is 6.15. The van der Waals surface area contributed by atoms with Gasteiger partial charge in [0.2, 0.25) is 6.43 Å². The fourth-order valence-electron chi connectivity index (χ4n) is 1.33. The Labute approximate surface area is 103 Å². The van der Waals surface area contributed by atoms with Crippen LogP contribution >= 0.6 is 24.0 Å². The van der Waals surface area contributed by atoms with Gasteiger partial charge in [-0.3, -0.25) is 0 Å². The molecule has 0 spiro atoms. The lowest BCUT2D eigenvalue weighted by atomic mass is 10.0. The highest BCUT2D eigenvalue weighted by Gasteiger charge is 2.20. The predicted octanol–water partition coefficient (Wildman–Crippen LogP) is 3.86. The molecule has 1 aromatic rings. The number of aryl methyl sites for hydroxylation is 1. The van der Waals surface area contributed by atoms with E-state index in [1.54, 1.807) is 6.92 Å². The number of halogens is 5. The van der Waals surface area contributed by atoms with E-state index in [0.29, 0.717) is 5.56 Å². The van der Waals surface area contributed by atoms with Crippen LogP contribution in [0, 0.1) is 12.7 Å². The monoisotopic (exact) mass is 273 g/mol. The first-order chi connectivity index (χ1) is 6.93. The van der Waals surface area contributed by atoms with Crippen molar-refractivity contribution in [2.24, 2.45) is 5.73 Å². The van der Waals surface area contributed by atoms with E-state index >= 15 is 0 Å². The van der Waals surface area contributed by atoms with Gasteiger partial charge in [0.15, 0.2) is 0 Å². The molecule has 0 bridgehead atoms. The summed E-state index contributed by atoms with van der Waals surface area (Å²) < 4.78 is 37.5. The van der Waals surface area contributed by atoms with Crippen LogP contribution in [0.5, 0.6) is 0 Å². The van der Waals surface area contributed by atoms with Crippen LogP contribution in [0.1, 0.15) is 23.6 Å². The van der Waals surface area contributed by atoms with Crippen LogP contribution in [0.3, 0.4) is 0 Å². The maximum Gasteiger partial charge on any atom is 0.240 e. The summed E-state index contributed by atoms with van der Waals surface area (Å²) in [5, 5.41) is 0.128. The van der Waals surface area contributed by atoms with E-state index in [1.807, 2.05) is 0 Å². The Hall–Kier alpha value is -0.450. The Bertz CT molecular complexity index is 358. The molecule has 6 heteroatoms. The van der Waals surface area contributed by atoms with Crippen molar-refractivity contribution in [1.29, 1.82) is 0 Å². The quantitative estimate of drug-likeness (QED) is 0.889. The molecule has 0 saturated carbocycles. The SMILES string of the molecule is Cc1ccc(F)c([C@H](N)CC(F)F)c1Cl.Cl. The molecular formula is C10H12Cl2F3N. The molecule has 0 radical (unpaired) electrons. The minimum atomic E-state index is -2.57. The molecule has 0 amide bonds. The summed E-state index contributed by atoms with van der Waals surface area (Å²) >= 11 is 5.81. The summed E-state index contributed by atoms with van der Waals surface area (Å²) in [5.41, 5.74) is 6.05. The summed E-state index contributed by atoms with van der Waals surface area (Å²) in [6, 6.07) is 1.59. The molecule has 0 fully saturated rings. The smallest absolute Gasteiger partial charge is 0.240 e. The molecule has 0 heterocycles. The average Bonchev–Trinajstić information content (AvgIpc) is 2.11. The normalized spacial score (nSPS) is 12.4. The second-order valence-electron chi connectivity index (χ2n) is 3.33. The van der Waals surface area contributed by atoms with Gasteiger partial charge in [-0.2, -0.15) is 0 Å². The largest absolute Gasteiger partial charge is 0.324 e. The van der Waals surface area contributed by atoms with E-state index in [4.69, 9.17) is 17.3 Å². The molecule has 1 atom stereocenters. The lowest BCUT2D eigenvalue weighted by molar-refractivity contribution is 0.128. The van der Waals surface area contributed by atoms with E-state index in [1.165, 1.54) is 12.1 Å². The molecule has 0 aliphatic rings. The Morgan fingerprint density at radius 2 is 1.94 bits per heavy atom. The van der Waals surface area contributed by atoms with Crippen molar-refractivity contribution < 1.29 is 13.2 Å². The molecule has 0 aromatic heterocycles. The summed E-state index contributed by atoms with van der Waals surface area (Å²) in [6.45, 7) is 1.67. The number of benzene rings is 1. The highest BCUT2D eigenvalue weighted by Crippen LogP contribution is 2.30. The zero-order valence-corrected chi connectivity index (χ0v) is 10.1. The molecule has 0 saturated heterocycles. The second kappa shape index (κ2) is 6.33. The molecule has 0 aliphatic carbocycles. The first kappa shape index (κ1) is 15.5. The van der Waals surface area contributed by atoms with Gasteiger partial charge in [-0.15, -0.1) is 12.4 Å². The van der Waals surface area contributed by atoms with Gasteiger partial charge in [-0.05, 0) is 18.6 Å². The Balaban J connectivity index is 0.00000225. The maximum atomic E-state index is 13.3. The standard InChI is InChI=1S/C10H11ClF3N.ClH/c1-5-2-3-6(12)9(10(5)11)7(15)4-8(13)14;/h2-3,7-8H,4,15H2,1H3;1H/t7-;/m1./s1. The van der Waals surface area contributed by atoms with Crippen molar-refractivity contribution in [1.82, 2.24) is 0 Å². The van der Waals surface area contributed by atoms with Gasteiger partial charge in [0, 0.05) is 18.0 Å². The molecule has 0 unspecified atom stereocenters. The van der Waals surface area contributed by atoms with Gasteiger partial charge in [0.25, 0.3) is 0 Å². The number of nitrogens with two attached hydrogens (primary N) is 1. The maximum absolute atomic E-state index is 13.3. The zero-order chi connectivity index (χ0) is 11.6. The Morgan fingerprint density at radius 3 is 2.44 bits per heavy atom. The fourth-order valence-corrected chi connectivity index (χ4v) is 1.62. The van der Waals surface area contributed by atoms with E-state index in [0.717, 1.165) is 0 Å². The van der Waals surface area contributed by atoms with E-state index in [9.17, 15) is 13.2 Å². The van der Waals surface area contributed by atoms with Gasteiger partial charge in [0.1, 0.15) is 5.82 Å². The lowest BCUT2D eigenvalue weighted by Gasteiger charge is -2.15. The summed E-state index contributed by atoms with van der Waals surface area (Å²) in [4.78, 5) is 0. The third-order valence-corrected chi connectivity index (χ3v) is 2.62. The summed E-state index contributed by atoms with van der Waals surface area (Å²) in [5.74, 6) is -0.640. The van der Waals surface area contributed by atoms with Crippen molar-refractivity contribution in [2.45, 2.75) is 25.8 Å². The van der Waals surface area contributed by atoms with Crippen LogP contribution in [-0.2, 0) is 0 Å². The van der Waals surface area contributed by atoms with Crippen LogP contribution in [0.15, 0.2) is 12.1 Å². The van der Waals surface area contributed by atoms with Crippen molar-refractivity contribution in [3.63, 3.8) is 0 Å². The first-order valence-corrected chi connectivity index (χ1v) is 4.79. The third-order valence-electron chi connectivity index (χ3n) is 2.12. The molecule has 16 heavy (non-hydrogen) atoms. The van der Waals surface area contributed by atoms with E-state index < -0.39 is 24.7 Å². The topological polar surface area (TPSA) is 26.0 Å². The molecule has 0 aliphatic heterocycles. The second-order valence-corrected chi connectivity index (χ2v) is 3.70. The van der Waals surface area contributed by atoms with Gasteiger partial charge < -0.3 is 5.73 Å².